The Morgan fingerprint density at radius 3 is 2.76 bits per heavy atom. The van der Waals surface area contributed by atoms with Gasteiger partial charge in [-0.1, -0.05) is 25.1 Å². The first kappa shape index (κ1) is 11.9. The summed E-state index contributed by atoms with van der Waals surface area (Å²) in [7, 11) is 0. The number of rotatable bonds is 5. The molecule has 0 aliphatic carbocycles. The highest BCUT2D eigenvalue weighted by Gasteiger charge is 2.07. The molecule has 0 aliphatic rings. The standard InChI is InChI=1S/C14H19N3/c1-3-9-15-12(2)13-10-16-17(11-13)14-7-5-4-6-8-14/h4-8,10-12,15H,3,9H2,1-2H3. The Kier molecular flexibility index (Phi) is 3.94. The molecule has 0 saturated carbocycles. The van der Waals surface area contributed by atoms with Gasteiger partial charge in [-0.25, -0.2) is 4.68 Å². The molecule has 0 spiro atoms. The number of nitrogens with zero attached hydrogens (tertiary/aromatic N) is 2. The maximum atomic E-state index is 4.39. The van der Waals surface area contributed by atoms with Gasteiger partial charge in [0.05, 0.1) is 11.9 Å². The highest BCUT2D eigenvalue weighted by atomic mass is 15.3. The number of aromatic nitrogens is 2. The first-order valence-corrected chi connectivity index (χ1v) is 6.14. The van der Waals surface area contributed by atoms with Gasteiger partial charge in [0.2, 0.25) is 0 Å². The van der Waals surface area contributed by atoms with E-state index in [-0.39, 0.29) is 0 Å². The highest BCUT2D eigenvalue weighted by molar-refractivity contribution is 5.31. The van der Waals surface area contributed by atoms with Crippen LogP contribution in [0, 0.1) is 0 Å². The number of para-hydroxylation sites is 1. The molecule has 3 heteroatoms. The molecular formula is C14H19N3. The van der Waals surface area contributed by atoms with Gasteiger partial charge in [-0.3, -0.25) is 0 Å². The molecule has 0 amide bonds. The fourth-order valence-electron chi connectivity index (χ4n) is 1.76. The van der Waals surface area contributed by atoms with Crippen molar-refractivity contribution < 1.29 is 0 Å². The van der Waals surface area contributed by atoms with Crippen LogP contribution in [-0.4, -0.2) is 16.3 Å². The molecule has 2 aromatic rings. The minimum atomic E-state index is 0.354. The third kappa shape index (κ3) is 2.94. The Balaban J connectivity index is 2.11. The molecule has 0 aliphatic heterocycles. The lowest BCUT2D eigenvalue weighted by molar-refractivity contribution is 0.570. The van der Waals surface area contributed by atoms with Crippen LogP contribution < -0.4 is 5.32 Å². The average molecular weight is 229 g/mol. The minimum absolute atomic E-state index is 0.354. The van der Waals surface area contributed by atoms with Crippen molar-refractivity contribution in [3.8, 4) is 5.69 Å². The molecular weight excluding hydrogens is 210 g/mol. The topological polar surface area (TPSA) is 29.9 Å². The van der Waals surface area contributed by atoms with Crippen LogP contribution in [0.15, 0.2) is 42.7 Å². The lowest BCUT2D eigenvalue weighted by Crippen LogP contribution is -2.18. The smallest absolute Gasteiger partial charge is 0.0645 e. The van der Waals surface area contributed by atoms with E-state index in [1.165, 1.54) is 5.56 Å². The molecule has 3 nitrogen and oxygen atoms in total. The average Bonchev–Trinajstić information content (AvgIpc) is 2.86. The second-order valence-electron chi connectivity index (χ2n) is 4.23. The van der Waals surface area contributed by atoms with Crippen LogP contribution in [0.5, 0.6) is 0 Å². The molecule has 1 aromatic carbocycles. The van der Waals surface area contributed by atoms with Crippen molar-refractivity contribution in [2.24, 2.45) is 0 Å². The molecule has 17 heavy (non-hydrogen) atoms. The largest absolute Gasteiger partial charge is 0.310 e. The summed E-state index contributed by atoms with van der Waals surface area (Å²) >= 11 is 0. The van der Waals surface area contributed by atoms with Crippen molar-refractivity contribution in [1.29, 1.82) is 0 Å². The van der Waals surface area contributed by atoms with Crippen LogP contribution in [-0.2, 0) is 0 Å². The first-order chi connectivity index (χ1) is 8.31. The molecule has 1 unspecified atom stereocenters. The van der Waals surface area contributed by atoms with E-state index in [0.29, 0.717) is 6.04 Å². The molecule has 0 bridgehead atoms. The summed E-state index contributed by atoms with van der Waals surface area (Å²) in [5.41, 5.74) is 2.32. The van der Waals surface area contributed by atoms with E-state index < -0.39 is 0 Å². The van der Waals surface area contributed by atoms with Crippen molar-refractivity contribution in [2.45, 2.75) is 26.3 Å². The van der Waals surface area contributed by atoms with Crippen LogP contribution in [0.25, 0.3) is 5.69 Å². The molecule has 1 atom stereocenters. The number of benzene rings is 1. The van der Waals surface area contributed by atoms with E-state index in [9.17, 15) is 0 Å². The summed E-state index contributed by atoms with van der Waals surface area (Å²) in [5.74, 6) is 0. The van der Waals surface area contributed by atoms with E-state index >= 15 is 0 Å². The number of nitrogens with one attached hydrogen (secondary N) is 1. The van der Waals surface area contributed by atoms with E-state index in [0.717, 1.165) is 18.7 Å². The summed E-state index contributed by atoms with van der Waals surface area (Å²) in [4.78, 5) is 0. The van der Waals surface area contributed by atoms with E-state index in [1.807, 2.05) is 29.1 Å². The molecule has 2 rings (SSSR count). The maximum Gasteiger partial charge on any atom is 0.0645 e. The van der Waals surface area contributed by atoms with Crippen LogP contribution >= 0.6 is 0 Å². The van der Waals surface area contributed by atoms with Gasteiger partial charge < -0.3 is 5.32 Å². The lowest BCUT2D eigenvalue weighted by Gasteiger charge is -2.10. The zero-order chi connectivity index (χ0) is 12.1. The van der Waals surface area contributed by atoms with Crippen LogP contribution in [0.3, 0.4) is 0 Å². The second-order valence-corrected chi connectivity index (χ2v) is 4.23. The van der Waals surface area contributed by atoms with Crippen molar-refractivity contribution in [3.63, 3.8) is 0 Å². The lowest BCUT2D eigenvalue weighted by atomic mass is 10.2. The maximum absolute atomic E-state index is 4.39. The zero-order valence-electron chi connectivity index (χ0n) is 10.4. The molecule has 1 N–H and O–H groups in total. The SMILES string of the molecule is CCCNC(C)c1cnn(-c2ccccc2)c1. The Labute approximate surface area is 102 Å². The van der Waals surface area contributed by atoms with Crippen LogP contribution in [0.1, 0.15) is 31.9 Å². The number of hydrogen-bond acceptors (Lipinski definition) is 2. The summed E-state index contributed by atoms with van der Waals surface area (Å²) in [6, 6.07) is 10.5. The first-order valence-electron chi connectivity index (χ1n) is 6.14. The van der Waals surface area contributed by atoms with Gasteiger partial charge in [0.15, 0.2) is 0 Å². The van der Waals surface area contributed by atoms with Crippen molar-refractivity contribution in [3.05, 3.63) is 48.3 Å². The molecule has 90 valence electrons. The van der Waals surface area contributed by atoms with Gasteiger partial charge in [-0.15, -0.1) is 0 Å². The van der Waals surface area contributed by atoms with E-state index in [4.69, 9.17) is 0 Å². The predicted molar refractivity (Wildman–Crippen MR) is 70.3 cm³/mol. The third-order valence-electron chi connectivity index (χ3n) is 2.82. The normalized spacial score (nSPS) is 12.6. The minimum Gasteiger partial charge on any atom is -0.310 e. The molecule has 0 fully saturated rings. The van der Waals surface area contributed by atoms with Crippen molar-refractivity contribution in [1.82, 2.24) is 15.1 Å². The van der Waals surface area contributed by atoms with Gasteiger partial charge >= 0.3 is 0 Å². The van der Waals surface area contributed by atoms with Gasteiger partial charge in [0.25, 0.3) is 0 Å². The fourth-order valence-corrected chi connectivity index (χ4v) is 1.76. The van der Waals surface area contributed by atoms with Crippen molar-refractivity contribution in [2.75, 3.05) is 6.54 Å². The molecule has 0 saturated heterocycles. The predicted octanol–water partition coefficient (Wildman–Crippen LogP) is 2.93. The Bertz CT molecular complexity index is 448. The van der Waals surface area contributed by atoms with Crippen LogP contribution in [0.4, 0.5) is 0 Å². The van der Waals surface area contributed by atoms with E-state index in [1.54, 1.807) is 0 Å². The number of hydrogen-bond donors (Lipinski definition) is 1. The summed E-state index contributed by atoms with van der Waals surface area (Å²) in [6.07, 6.45) is 5.17. The van der Waals surface area contributed by atoms with E-state index in [2.05, 4.69) is 42.6 Å². The molecule has 0 radical (unpaired) electrons. The highest BCUT2D eigenvalue weighted by Crippen LogP contribution is 2.13. The van der Waals surface area contributed by atoms with Gasteiger partial charge in [-0.2, -0.15) is 5.10 Å². The van der Waals surface area contributed by atoms with Crippen LogP contribution in [0.2, 0.25) is 0 Å². The molecule has 1 aromatic heterocycles. The monoisotopic (exact) mass is 229 g/mol. The molecule has 1 heterocycles. The van der Waals surface area contributed by atoms with Gasteiger partial charge in [0.1, 0.15) is 0 Å². The summed E-state index contributed by atoms with van der Waals surface area (Å²) in [5, 5.41) is 7.85. The summed E-state index contributed by atoms with van der Waals surface area (Å²) < 4.78 is 1.92. The van der Waals surface area contributed by atoms with Gasteiger partial charge in [0, 0.05) is 17.8 Å². The zero-order valence-corrected chi connectivity index (χ0v) is 10.4. The Morgan fingerprint density at radius 1 is 1.29 bits per heavy atom. The van der Waals surface area contributed by atoms with Gasteiger partial charge in [-0.05, 0) is 32.0 Å². The fraction of sp³-hybridized carbons (Fsp3) is 0.357. The van der Waals surface area contributed by atoms with Crippen molar-refractivity contribution >= 4 is 0 Å². The summed E-state index contributed by atoms with van der Waals surface area (Å²) in [6.45, 7) is 5.38. The third-order valence-corrected chi connectivity index (χ3v) is 2.82. The second kappa shape index (κ2) is 5.64. The quantitative estimate of drug-likeness (QED) is 0.854. The Morgan fingerprint density at radius 2 is 2.06 bits per heavy atom. The Hall–Kier alpha value is -1.61.